The van der Waals surface area contributed by atoms with Crippen molar-refractivity contribution in [3.63, 3.8) is 0 Å². The van der Waals surface area contributed by atoms with Crippen LogP contribution < -0.4 is 4.74 Å². The van der Waals surface area contributed by atoms with E-state index in [0.717, 1.165) is 28.0 Å². The number of benzene rings is 1. The predicted octanol–water partition coefficient (Wildman–Crippen LogP) is 3.91. The van der Waals surface area contributed by atoms with Crippen LogP contribution in [0.4, 0.5) is 0 Å². The second-order valence-electron chi connectivity index (χ2n) is 5.41. The fourth-order valence-corrected chi connectivity index (χ4v) is 2.56. The van der Waals surface area contributed by atoms with Crippen LogP contribution in [0.3, 0.4) is 0 Å². The van der Waals surface area contributed by atoms with E-state index in [9.17, 15) is 0 Å². The van der Waals surface area contributed by atoms with Gasteiger partial charge in [-0.25, -0.2) is 4.68 Å². The van der Waals surface area contributed by atoms with Gasteiger partial charge in [0.15, 0.2) is 5.65 Å². The third-order valence-corrected chi connectivity index (χ3v) is 3.61. The SMILES string of the molecule is C=CCOc1cc(C)c2c(C)nn(-c3ccc(C)cc3)c2n1. The molecule has 112 valence electrons. The number of hydrogen-bond acceptors (Lipinski definition) is 3. The Labute approximate surface area is 130 Å². The van der Waals surface area contributed by atoms with Crippen molar-refractivity contribution >= 4 is 11.0 Å². The van der Waals surface area contributed by atoms with Crippen molar-refractivity contribution in [2.24, 2.45) is 0 Å². The van der Waals surface area contributed by atoms with Crippen LogP contribution in [0.5, 0.6) is 5.88 Å². The third-order valence-electron chi connectivity index (χ3n) is 3.61. The van der Waals surface area contributed by atoms with E-state index < -0.39 is 0 Å². The summed E-state index contributed by atoms with van der Waals surface area (Å²) in [6.07, 6.45) is 1.71. The molecule has 0 saturated heterocycles. The topological polar surface area (TPSA) is 39.9 Å². The number of aromatic nitrogens is 3. The number of hydrogen-bond donors (Lipinski definition) is 0. The normalized spacial score (nSPS) is 10.9. The lowest BCUT2D eigenvalue weighted by atomic mass is 10.1. The highest BCUT2D eigenvalue weighted by atomic mass is 16.5. The molecule has 0 saturated carbocycles. The first kappa shape index (κ1) is 14.3. The molecule has 3 aromatic rings. The molecule has 0 aliphatic rings. The minimum Gasteiger partial charge on any atom is -0.473 e. The third kappa shape index (κ3) is 2.48. The highest BCUT2D eigenvalue weighted by molar-refractivity contribution is 5.83. The van der Waals surface area contributed by atoms with E-state index in [1.807, 2.05) is 17.7 Å². The molecule has 22 heavy (non-hydrogen) atoms. The molecular weight excluding hydrogens is 274 g/mol. The first-order chi connectivity index (χ1) is 10.6. The summed E-state index contributed by atoms with van der Waals surface area (Å²) >= 11 is 0. The maximum atomic E-state index is 5.59. The van der Waals surface area contributed by atoms with Crippen LogP contribution in [0.1, 0.15) is 16.8 Å². The summed E-state index contributed by atoms with van der Waals surface area (Å²) in [5, 5.41) is 5.73. The van der Waals surface area contributed by atoms with Gasteiger partial charge < -0.3 is 4.74 Å². The average molecular weight is 293 g/mol. The van der Waals surface area contributed by atoms with E-state index in [-0.39, 0.29) is 0 Å². The van der Waals surface area contributed by atoms with E-state index in [4.69, 9.17) is 4.74 Å². The predicted molar refractivity (Wildman–Crippen MR) is 88.8 cm³/mol. The zero-order chi connectivity index (χ0) is 15.7. The summed E-state index contributed by atoms with van der Waals surface area (Å²) < 4.78 is 7.47. The summed E-state index contributed by atoms with van der Waals surface area (Å²) in [4.78, 5) is 4.62. The fraction of sp³-hybridized carbons (Fsp3) is 0.222. The Balaban J connectivity index is 2.19. The fourth-order valence-electron chi connectivity index (χ4n) is 2.56. The molecule has 0 N–H and O–H groups in total. The van der Waals surface area contributed by atoms with E-state index in [1.165, 1.54) is 5.56 Å². The van der Waals surface area contributed by atoms with E-state index in [1.54, 1.807) is 6.08 Å². The van der Waals surface area contributed by atoms with Gasteiger partial charge >= 0.3 is 0 Å². The van der Waals surface area contributed by atoms with Crippen molar-refractivity contribution in [1.82, 2.24) is 14.8 Å². The van der Waals surface area contributed by atoms with Crippen molar-refractivity contribution < 1.29 is 4.74 Å². The van der Waals surface area contributed by atoms with Crippen LogP contribution in [-0.4, -0.2) is 21.4 Å². The van der Waals surface area contributed by atoms with E-state index >= 15 is 0 Å². The first-order valence-corrected chi connectivity index (χ1v) is 7.28. The van der Waals surface area contributed by atoms with Gasteiger partial charge in [0.1, 0.15) is 6.61 Å². The molecule has 0 spiro atoms. The summed E-state index contributed by atoms with van der Waals surface area (Å²) in [6.45, 7) is 10.2. The molecule has 2 aromatic heterocycles. The van der Waals surface area contributed by atoms with Crippen LogP contribution in [0.2, 0.25) is 0 Å². The van der Waals surface area contributed by atoms with Crippen LogP contribution in [0.15, 0.2) is 43.0 Å². The number of fused-ring (bicyclic) bond motifs is 1. The smallest absolute Gasteiger partial charge is 0.215 e. The molecule has 1 aromatic carbocycles. The minimum absolute atomic E-state index is 0.440. The molecule has 3 rings (SSSR count). The minimum atomic E-state index is 0.440. The van der Waals surface area contributed by atoms with Crippen molar-refractivity contribution in [2.75, 3.05) is 6.61 Å². The Morgan fingerprint density at radius 1 is 1.18 bits per heavy atom. The second kappa shape index (κ2) is 5.64. The van der Waals surface area contributed by atoms with Gasteiger partial charge in [0.2, 0.25) is 5.88 Å². The van der Waals surface area contributed by atoms with Gasteiger partial charge in [0.05, 0.1) is 11.4 Å². The molecule has 4 heteroatoms. The molecule has 0 atom stereocenters. The number of aryl methyl sites for hydroxylation is 3. The summed E-state index contributed by atoms with van der Waals surface area (Å²) in [7, 11) is 0. The highest BCUT2D eigenvalue weighted by Gasteiger charge is 2.14. The Hall–Kier alpha value is -2.62. The zero-order valence-corrected chi connectivity index (χ0v) is 13.1. The molecule has 2 heterocycles. The van der Waals surface area contributed by atoms with Crippen LogP contribution >= 0.6 is 0 Å². The van der Waals surface area contributed by atoms with E-state index in [2.05, 4.69) is 54.8 Å². The van der Waals surface area contributed by atoms with Crippen molar-refractivity contribution in [1.29, 1.82) is 0 Å². The molecule has 0 fully saturated rings. The molecule has 0 bridgehead atoms. The molecule has 0 unspecified atom stereocenters. The Kier molecular flexibility index (Phi) is 3.67. The van der Waals surface area contributed by atoms with Crippen molar-refractivity contribution in [3.8, 4) is 11.6 Å². The van der Waals surface area contributed by atoms with Gasteiger partial charge in [-0.15, -0.1) is 0 Å². The van der Waals surface area contributed by atoms with Gasteiger partial charge in [0, 0.05) is 11.5 Å². The van der Waals surface area contributed by atoms with Crippen molar-refractivity contribution in [2.45, 2.75) is 20.8 Å². The molecule has 0 amide bonds. The molecule has 0 radical (unpaired) electrons. The number of ether oxygens (including phenoxy) is 1. The second-order valence-corrected chi connectivity index (χ2v) is 5.41. The van der Waals surface area contributed by atoms with Gasteiger partial charge in [-0.2, -0.15) is 10.1 Å². The largest absolute Gasteiger partial charge is 0.473 e. The van der Waals surface area contributed by atoms with Crippen LogP contribution in [0, 0.1) is 20.8 Å². The summed E-state index contributed by atoms with van der Waals surface area (Å²) in [6, 6.07) is 10.2. The zero-order valence-electron chi connectivity index (χ0n) is 13.1. The van der Waals surface area contributed by atoms with Gasteiger partial charge in [-0.1, -0.05) is 30.4 Å². The summed E-state index contributed by atoms with van der Waals surface area (Å²) in [5.41, 5.74) is 5.11. The highest BCUT2D eigenvalue weighted by Crippen LogP contribution is 2.26. The molecule has 4 nitrogen and oxygen atoms in total. The Morgan fingerprint density at radius 3 is 2.59 bits per heavy atom. The van der Waals surface area contributed by atoms with Crippen LogP contribution in [0.25, 0.3) is 16.7 Å². The van der Waals surface area contributed by atoms with Gasteiger partial charge in [-0.3, -0.25) is 0 Å². The lowest BCUT2D eigenvalue weighted by Crippen LogP contribution is -2.01. The number of rotatable bonds is 4. The Morgan fingerprint density at radius 2 is 1.91 bits per heavy atom. The lowest BCUT2D eigenvalue weighted by Gasteiger charge is -2.07. The standard InChI is InChI=1S/C18H19N3O/c1-5-10-22-16-11-13(3)17-14(4)20-21(18(17)19-16)15-8-6-12(2)7-9-15/h5-9,11H,1,10H2,2-4H3. The average Bonchev–Trinajstić information content (AvgIpc) is 2.83. The summed E-state index contributed by atoms with van der Waals surface area (Å²) in [5.74, 6) is 0.596. The van der Waals surface area contributed by atoms with Gasteiger partial charge in [0.25, 0.3) is 0 Å². The quantitative estimate of drug-likeness (QED) is 0.685. The van der Waals surface area contributed by atoms with E-state index in [0.29, 0.717) is 12.5 Å². The first-order valence-electron chi connectivity index (χ1n) is 7.28. The van der Waals surface area contributed by atoms with Crippen molar-refractivity contribution in [3.05, 3.63) is 59.8 Å². The molecule has 0 aliphatic heterocycles. The monoisotopic (exact) mass is 293 g/mol. The molecule has 0 aliphatic carbocycles. The number of nitrogens with zero attached hydrogens (tertiary/aromatic N) is 3. The van der Waals surface area contributed by atoms with Crippen LogP contribution in [-0.2, 0) is 0 Å². The lowest BCUT2D eigenvalue weighted by molar-refractivity contribution is 0.349. The maximum absolute atomic E-state index is 5.59. The number of pyridine rings is 1. The maximum Gasteiger partial charge on any atom is 0.215 e. The Bertz CT molecular complexity index is 832. The molecular formula is C18H19N3O. The van der Waals surface area contributed by atoms with Gasteiger partial charge in [-0.05, 0) is 38.5 Å².